The van der Waals surface area contributed by atoms with E-state index in [0.29, 0.717) is 18.4 Å². The first-order chi connectivity index (χ1) is 9.43. The van der Waals surface area contributed by atoms with E-state index in [4.69, 9.17) is 5.11 Å². The van der Waals surface area contributed by atoms with E-state index >= 15 is 0 Å². The monoisotopic (exact) mass is 280 g/mol. The van der Waals surface area contributed by atoms with E-state index in [1.54, 1.807) is 13.0 Å². The molecule has 1 aromatic carbocycles. The summed E-state index contributed by atoms with van der Waals surface area (Å²) in [6.45, 7) is 3.69. The van der Waals surface area contributed by atoms with Crippen molar-refractivity contribution in [3.63, 3.8) is 0 Å². The smallest absolute Gasteiger partial charge is 0.165 e. The van der Waals surface area contributed by atoms with E-state index in [2.05, 4.69) is 5.73 Å². The molecule has 0 saturated carbocycles. The standard InChI is InChI=1S/C16H21FO3/c1-3-12(9-11(2)18)5-4-6-15(19)13-7-8-16(20)14(17)10-13/h4,7-8,10-11,15,18-20H,3,6,9H2,1-2H3/t5?,11-,15+/m0/s1. The van der Waals surface area contributed by atoms with Crippen LogP contribution in [0.15, 0.2) is 35.6 Å². The minimum atomic E-state index is -0.845. The lowest BCUT2D eigenvalue weighted by molar-refractivity contribution is 0.181. The molecule has 3 nitrogen and oxygen atoms in total. The topological polar surface area (TPSA) is 60.7 Å². The summed E-state index contributed by atoms with van der Waals surface area (Å²) in [5.41, 5.74) is 4.44. The van der Waals surface area contributed by atoms with Crippen LogP contribution in [0.2, 0.25) is 0 Å². The molecule has 110 valence electrons. The third-order valence-electron chi connectivity index (χ3n) is 2.97. The number of aliphatic hydroxyl groups is 2. The zero-order valence-corrected chi connectivity index (χ0v) is 11.8. The van der Waals surface area contributed by atoms with Crippen molar-refractivity contribution in [1.29, 1.82) is 0 Å². The van der Waals surface area contributed by atoms with Gasteiger partial charge in [0, 0.05) is 12.8 Å². The van der Waals surface area contributed by atoms with Gasteiger partial charge < -0.3 is 15.3 Å². The molecule has 0 bridgehead atoms. The van der Waals surface area contributed by atoms with Crippen LogP contribution in [0.25, 0.3) is 0 Å². The second-order valence-electron chi connectivity index (χ2n) is 4.82. The fraction of sp³-hybridized carbons (Fsp3) is 0.438. The van der Waals surface area contributed by atoms with Crippen LogP contribution in [-0.4, -0.2) is 21.4 Å². The van der Waals surface area contributed by atoms with E-state index in [-0.39, 0.29) is 0 Å². The van der Waals surface area contributed by atoms with Crippen LogP contribution in [0.1, 0.15) is 44.8 Å². The lowest BCUT2D eigenvalue weighted by Gasteiger charge is -2.08. The number of benzene rings is 1. The first-order valence-corrected chi connectivity index (χ1v) is 6.71. The summed E-state index contributed by atoms with van der Waals surface area (Å²) < 4.78 is 13.2. The lowest BCUT2D eigenvalue weighted by atomic mass is 10.0. The molecule has 1 aromatic rings. The van der Waals surface area contributed by atoms with Gasteiger partial charge >= 0.3 is 0 Å². The summed E-state index contributed by atoms with van der Waals surface area (Å²) in [6, 6.07) is 3.82. The second-order valence-corrected chi connectivity index (χ2v) is 4.82. The number of hydrogen-bond donors (Lipinski definition) is 3. The molecular formula is C16H21FO3. The Labute approximate surface area is 118 Å². The number of phenols is 1. The first-order valence-electron chi connectivity index (χ1n) is 6.71. The molecule has 1 rings (SSSR count). The van der Waals surface area contributed by atoms with E-state index in [9.17, 15) is 14.6 Å². The van der Waals surface area contributed by atoms with Gasteiger partial charge in [-0.15, -0.1) is 5.73 Å². The first kappa shape index (κ1) is 16.4. The zero-order chi connectivity index (χ0) is 15.1. The number of aromatic hydroxyl groups is 1. The Balaban J connectivity index is 2.72. The maximum atomic E-state index is 13.2. The summed E-state index contributed by atoms with van der Waals surface area (Å²) in [7, 11) is 0. The van der Waals surface area contributed by atoms with Gasteiger partial charge in [-0.25, -0.2) is 4.39 Å². The highest BCUT2D eigenvalue weighted by atomic mass is 19.1. The van der Waals surface area contributed by atoms with Gasteiger partial charge in [0.25, 0.3) is 0 Å². The molecule has 0 aliphatic heterocycles. The Morgan fingerprint density at radius 3 is 2.65 bits per heavy atom. The minimum Gasteiger partial charge on any atom is -0.505 e. The molecule has 0 heterocycles. The van der Waals surface area contributed by atoms with Crippen molar-refractivity contribution in [2.75, 3.05) is 0 Å². The van der Waals surface area contributed by atoms with Crippen LogP contribution in [0.4, 0.5) is 4.39 Å². The Kier molecular flexibility index (Phi) is 6.46. The fourth-order valence-electron chi connectivity index (χ4n) is 1.84. The normalized spacial score (nSPS) is 13.4. The third-order valence-corrected chi connectivity index (χ3v) is 2.97. The van der Waals surface area contributed by atoms with E-state index in [0.717, 1.165) is 18.1 Å². The molecule has 0 unspecified atom stereocenters. The molecule has 0 spiro atoms. The summed E-state index contributed by atoms with van der Waals surface area (Å²) >= 11 is 0. The van der Waals surface area contributed by atoms with Crippen LogP contribution in [-0.2, 0) is 0 Å². The van der Waals surface area contributed by atoms with Crippen molar-refractivity contribution in [3.8, 4) is 5.75 Å². The van der Waals surface area contributed by atoms with Gasteiger partial charge in [0.15, 0.2) is 11.6 Å². The highest BCUT2D eigenvalue weighted by molar-refractivity contribution is 5.29. The Hall–Kier alpha value is -1.61. The SMILES string of the molecule is CCC(=C=CC[C@@H](O)c1ccc(O)c(F)c1)C[C@H](C)O. The molecule has 0 aliphatic carbocycles. The Bertz CT molecular complexity index is 502. The molecule has 0 aromatic heterocycles. The number of halogens is 1. The molecule has 0 radical (unpaired) electrons. The number of phenolic OH excluding ortho intramolecular Hbond substituents is 1. The lowest BCUT2D eigenvalue weighted by Crippen LogP contribution is -2.00. The van der Waals surface area contributed by atoms with Gasteiger partial charge in [-0.3, -0.25) is 0 Å². The predicted octanol–water partition coefficient (Wildman–Crippen LogP) is 3.22. The van der Waals surface area contributed by atoms with Gasteiger partial charge in [0.1, 0.15) is 0 Å². The van der Waals surface area contributed by atoms with E-state index in [1.165, 1.54) is 12.1 Å². The molecule has 0 saturated heterocycles. The molecule has 2 atom stereocenters. The second kappa shape index (κ2) is 7.85. The van der Waals surface area contributed by atoms with Crippen molar-refractivity contribution in [2.24, 2.45) is 0 Å². The van der Waals surface area contributed by atoms with Crippen molar-refractivity contribution >= 4 is 0 Å². The van der Waals surface area contributed by atoms with Crippen LogP contribution in [0, 0.1) is 5.82 Å². The number of aliphatic hydroxyl groups excluding tert-OH is 2. The summed E-state index contributed by atoms with van der Waals surface area (Å²) in [6.07, 6.45) is 2.07. The summed E-state index contributed by atoms with van der Waals surface area (Å²) in [5.74, 6) is -1.17. The average molecular weight is 280 g/mol. The molecule has 3 N–H and O–H groups in total. The van der Waals surface area contributed by atoms with Gasteiger partial charge in [-0.05, 0) is 42.7 Å². The molecule has 4 heteroatoms. The van der Waals surface area contributed by atoms with Crippen LogP contribution in [0.3, 0.4) is 0 Å². The highest BCUT2D eigenvalue weighted by Crippen LogP contribution is 2.23. The third kappa shape index (κ3) is 5.17. The Morgan fingerprint density at radius 2 is 2.10 bits per heavy atom. The van der Waals surface area contributed by atoms with E-state index < -0.39 is 23.8 Å². The minimum absolute atomic E-state index is 0.299. The van der Waals surface area contributed by atoms with Crippen molar-refractivity contribution < 1.29 is 19.7 Å². The van der Waals surface area contributed by atoms with Crippen LogP contribution >= 0.6 is 0 Å². The van der Waals surface area contributed by atoms with Gasteiger partial charge in [-0.1, -0.05) is 13.0 Å². The van der Waals surface area contributed by atoms with Crippen molar-refractivity contribution in [1.82, 2.24) is 0 Å². The fourth-order valence-corrected chi connectivity index (χ4v) is 1.84. The molecule has 0 amide bonds. The van der Waals surface area contributed by atoms with Gasteiger partial charge in [-0.2, -0.15) is 0 Å². The molecular weight excluding hydrogens is 259 g/mol. The molecule has 0 fully saturated rings. The van der Waals surface area contributed by atoms with Crippen molar-refractivity contribution in [3.05, 3.63) is 47.0 Å². The molecule has 20 heavy (non-hydrogen) atoms. The average Bonchev–Trinajstić information content (AvgIpc) is 2.40. The van der Waals surface area contributed by atoms with Gasteiger partial charge in [0.2, 0.25) is 0 Å². The molecule has 0 aliphatic rings. The number of rotatable bonds is 6. The largest absolute Gasteiger partial charge is 0.505 e. The predicted molar refractivity (Wildman–Crippen MR) is 75.8 cm³/mol. The number of hydrogen-bond acceptors (Lipinski definition) is 3. The van der Waals surface area contributed by atoms with Crippen LogP contribution in [0.5, 0.6) is 5.75 Å². The summed E-state index contributed by atoms with van der Waals surface area (Å²) in [4.78, 5) is 0. The summed E-state index contributed by atoms with van der Waals surface area (Å²) in [5, 5.41) is 28.3. The quantitative estimate of drug-likeness (QED) is 0.701. The highest BCUT2D eigenvalue weighted by Gasteiger charge is 2.09. The van der Waals surface area contributed by atoms with Gasteiger partial charge in [0.05, 0.1) is 12.2 Å². The van der Waals surface area contributed by atoms with Crippen molar-refractivity contribution in [2.45, 2.75) is 45.3 Å². The Morgan fingerprint density at radius 1 is 1.40 bits per heavy atom. The van der Waals surface area contributed by atoms with E-state index in [1.807, 2.05) is 6.92 Å². The maximum absolute atomic E-state index is 13.2. The zero-order valence-electron chi connectivity index (χ0n) is 11.8. The van der Waals surface area contributed by atoms with Crippen LogP contribution < -0.4 is 0 Å². The maximum Gasteiger partial charge on any atom is 0.165 e.